The van der Waals surface area contributed by atoms with Crippen LogP contribution in [-0.4, -0.2) is 24.0 Å². The summed E-state index contributed by atoms with van der Waals surface area (Å²) in [5, 5.41) is 0. The van der Waals surface area contributed by atoms with Crippen LogP contribution in [0.5, 0.6) is 5.75 Å². The van der Waals surface area contributed by atoms with E-state index in [-0.39, 0.29) is 17.9 Å². The highest BCUT2D eigenvalue weighted by atomic mass is 16.5. The second-order valence-corrected chi connectivity index (χ2v) is 9.86. The number of carbonyl (C=O) groups excluding carboxylic acids is 2. The van der Waals surface area contributed by atoms with Crippen LogP contribution in [0.2, 0.25) is 0 Å². The van der Waals surface area contributed by atoms with Gasteiger partial charge < -0.3 is 9.64 Å². The quantitative estimate of drug-likeness (QED) is 0.325. The summed E-state index contributed by atoms with van der Waals surface area (Å²) in [5.74, 6) is 0.447. The maximum Gasteiger partial charge on any atom is 0.271 e. The van der Waals surface area contributed by atoms with Crippen LogP contribution >= 0.6 is 0 Å². The lowest BCUT2D eigenvalue weighted by Crippen LogP contribution is -2.75. The average Bonchev–Trinajstić information content (AvgIpc) is 3.03. The smallest absolute Gasteiger partial charge is 0.271 e. The molecule has 2 amide bonds. The third-order valence-electron chi connectivity index (χ3n) is 7.50. The van der Waals surface area contributed by atoms with E-state index in [1.165, 1.54) is 0 Å². The summed E-state index contributed by atoms with van der Waals surface area (Å²) >= 11 is 0. The molecule has 5 heteroatoms. The number of rotatable bonds is 4. The summed E-state index contributed by atoms with van der Waals surface area (Å²) in [7, 11) is 0. The minimum Gasteiger partial charge on any atom is -0.478 e. The SMILES string of the molecule is Cc1ccc([C@@]23C[C@@H](C)N(C(=O)c4ccccc4)c4ccccc4N2C(=O)[C@@H]3Oc2ccccc2)cc1. The molecule has 0 aromatic heterocycles. The zero-order valence-corrected chi connectivity index (χ0v) is 20.9. The maximum atomic E-state index is 13.9. The number of benzene rings is 4. The van der Waals surface area contributed by atoms with Gasteiger partial charge in [0.05, 0.1) is 11.4 Å². The van der Waals surface area contributed by atoms with Crippen molar-refractivity contribution in [1.82, 2.24) is 0 Å². The lowest BCUT2D eigenvalue weighted by molar-refractivity contribution is -0.142. The Bertz CT molecular complexity index is 1450. The Kier molecular flexibility index (Phi) is 5.56. The first-order chi connectivity index (χ1) is 18.0. The Morgan fingerprint density at radius 3 is 2.08 bits per heavy atom. The third-order valence-corrected chi connectivity index (χ3v) is 7.50. The van der Waals surface area contributed by atoms with E-state index in [4.69, 9.17) is 4.74 Å². The Morgan fingerprint density at radius 2 is 1.41 bits per heavy atom. The van der Waals surface area contributed by atoms with Crippen molar-refractivity contribution < 1.29 is 14.3 Å². The number of aryl methyl sites for hydroxylation is 1. The second-order valence-electron chi connectivity index (χ2n) is 9.86. The number of anilines is 2. The molecular formula is C32H28N2O3. The fraction of sp³-hybridized carbons (Fsp3) is 0.188. The molecule has 0 saturated carbocycles. The van der Waals surface area contributed by atoms with Gasteiger partial charge in [0.2, 0.25) is 6.10 Å². The van der Waals surface area contributed by atoms with Crippen molar-refractivity contribution >= 4 is 23.2 Å². The Hall–Kier alpha value is -4.38. The minimum atomic E-state index is -0.776. The number of ether oxygens (including phenoxy) is 1. The monoisotopic (exact) mass is 488 g/mol. The number of amides is 2. The number of hydrogen-bond acceptors (Lipinski definition) is 3. The molecule has 4 aromatic rings. The topological polar surface area (TPSA) is 49.9 Å². The van der Waals surface area contributed by atoms with Gasteiger partial charge in [-0.15, -0.1) is 0 Å². The van der Waals surface area contributed by atoms with Gasteiger partial charge in [0.1, 0.15) is 11.3 Å². The van der Waals surface area contributed by atoms with Gasteiger partial charge in [-0.3, -0.25) is 14.5 Å². The van der Waals surface area contributed by atoms with Gasteiger partial charge in [-0.1, -0.05) is 78.4 Å². The minimum absolute atomic E-state index is 0.0879. The highest BCUT2D eigenvalue weighted by Crippen LogP contribution is 2.54. The highest BCUT2D eigenvalue weighted by molar-refractivity contribution is 6.14. The van der Waals surface area contributed by atoms with Crippen LogP contribution in [0.4, 0.5) is 11.4 Å². The summed E-state index contributed by atoms with van der Waals surface area (Å²) in [6.07, 6.45) is -0.202. The Balaban J connectivity index is 1.53. The molecule has 4 aromatic carbocycles. The zero-order valence-electron chi connectivity index (χ0n) is 20.9. The largest absolute Gasteiger partial charge is 0.478 e. The molecule has 3 atom stereocenters. The molecule has 2 aliphatic rings. The molecule has 2 heterocycles. The fourth-order valence-corrected chi connectivity index (χ4v) is 5.79. The lowest BCUT2D eigenvalue weighted by Gasteiger charge is -2.56. The van der Waals surface area contributed by atoms with Crippen LogP contribution in [0.3, 0.4) is 0 Å². The lowest BCUT2D eigenvalue weighted by atomic mass is 9.70. The molecule has 1 fully saturated rings. The first-order valence-corrected chi connectivity index (χ1v) is 12.6. The standard InChI is InChI=1S/C32H28N2O3/c1-22-17-19-25(20-18-22)32-21-23(2)33(30(35)24-11-5-3-6-12-24)27-15-9-10-16-28(27)34(32)31(36)29(32)37-26-13-7-4-8-14-26/h3-20,23,29H,21H2,1-2H3/t23-,29+,32-/m1/s1. The molecule has 0 N–H and O–H groups in total. The molecule has 0 unspecified atom stereocenters. The first-order valence-electron chi connectivity index (χ1n) is 12.6. The van der Waals surface area contributed by atoms with Gasteiger partial charge >= 0.3 is 0 Å². The number of carbonyl (C=O) groups is 2. The fourth-order valence-electron chi connectivity index (χ4n) is 5.79. The van der Waals surface area contributed by atoms with E-state index >= 15 is 0 Å². The molecular weight excluding hydrogens is 460 g/mol. The van der Waals surface area contributed by atoms with E-state index < -0.39 is 11.6 Å². The van der Waals surface area contributed by atoms with Gasteiger partial charge in [-0.25, -0.2) is 0 Å². The van der Waals surface area contributed by atoms with Crippen LogP contribution in [0, 0.1) is 6.92 Å². The molecule has 6 rings (SSSR count). The van der Waals surface area contributed by atoms with Crippen LogP contribution < -0.4 is 14.5 Å². The summed E-state index contributed by atoms with van der Waals surface area (Å²) in [4.78, 5) is 31.5. The van der Waals surface area contributed by atoms with E-state index in [1.54, 1.807) is 0 Å². The van der Waals surface area contributed by atoms with Crippen molar-refractivity contribution in [2.45, 2.75) is 38.0 Å². The predicted octanol–water partition coefficient (Wildman–Crippen LogP) is 6.12. The van der Waals surface area contributed by atoms with Crippen molar-refractivity contribution in [2.24, 2.45) is 0 Å². The summed E-state index contributed by atoms with van der Waals surface area (Å²) in [6, 6.07) is 34.6. The van der Waals surface area contributed by atoms with Crippen molar-refractivity contribution in [3.63, 3.8) is 0 Å². The molecule has 1 saturated heterocycles. The third kappa shape index (κ3) is 3.61. The zero-order chi connectivity index (χ0) is 25.6. The van der Waals surface area contributed by atoms with Gasteiger partial charge in [0, 0.05) is 18.0 Å². The van der Waals surface area contributed by atoms with Crippen LogP contribution in [0.25, 0.3) is 0 Å². The van der Waals surface area contributed by atoms with Crippen molar-refractivity contribution in [1.29, 1.82) is 0 Å². The normalized spacial score (nSPS) is 22.4. The molecule has 5 nitrogen and oxygen atoms in total. The van der Waals surface area contributed by atoms with Crippen molar-refractivity contribution in [2.75, 3.05) is 9.80 Å². The number of para-hydroxylation sites is 3. The van der Waals surface area contributed by atoms with Crippen molar-refractivity contribution in [3.8, 4) is 5.75 Å². The number of hydrogen-bond donors (Lipinski definition) is 0. The number of nitrogens with zero attached hydrogens (tertiary/aromatic N) is 2. The molecule has 0 bridgehead atoms. The predicted molar refractivity (Wildman–Crippen MR) is 145 cm³/mol. The summed E-state index contributed by atoms with van der Waals surface area (Å²) in [6.45, 7) is 4.10. The van der Waals surface area contributed by atoms with Crippen molar-refractivity contribution in [3.05, 3.63) is 126 Å². The average molecular weight is 489 g/mol. The molecule has 37 heavy (non-hydrogen) atoms. The van der Waals surface area contributed by atoms with E-state index in [2.05, 4.69) is 31.2 Å². The first kappa shape index (κ1) is 23.0. The maximum absolute atomic E-state index is 13.9. The van der Waals surface area contributed by atoms with E-state index in [9.17, 15) is 9.59 Å². The highest BCUT2D eigenvalue weighted by Gasteiger charge is 2.66. The number of β-lactam (4-membered cyclic amide) rings is 1. The van der Waals surface area contributed by atoms with Crippen LogP contribution in [-0.2, 0) is 10.3 Å². The van der Waals surface area contributed by atoms with Crippen LogP contribution in [0.15, 0.2) is 109 Å². The van der Waals surface area contributed by atoms with Crippen LogP contribution in [0.1, 0.15) is 34.8 Å². The van der Waals surface area contributed by atoms with E-state index in [1.807, 2.05) is 102 Å². The molecule has 2 aliphatic heterocycles. The number of fused-ring (bicyclic) bond motifs is 3. The van der Waals surface area contributed by atoms with E-state index in [0.29, 0.717) is 17.7 Å². The molecule has 184 valence electrons. The second kappa shape index (κ2) is 8.93. The van der Waals surface area contributed by atoms with Gasteiger partial charge in [0.25, 0.3) is 11.8 Å². The molecule has 0 radical (unpaired) electrons. The summed E-state index contributed by atoms with van der Waals surface area (Å²) < 4.78 is 6.42. The van der Waals surface area contributed by atoms with E-state index in [0.717, 1.165) is 22.5 Å². The summed E-state index contributed by atoms with van der Waals surface area (Å²) in [5.41, 5.74) is 3.41. The Morgan fingerprint density at radius 1 is 0.811 bits per heavy atom. The van der Waals surface area contributed by atoms with Gasteiger partial charge in [0.15, 0.2) is 0 Å². The molecule has 0 aliphatic carbocycles. The Labute approximate surface area is 216 Å². The van der Waals surface area contributed by atoms with Gasteiger partial charge in [-0.2, -0.15) is 0 Å². The molecule has 0 spiro atoms. The van der Waals surface area contributed by atoms with Gasteiger partial charge in [-0.05, 0) is 55.8 Å².